The molecule has 2 unspecified atom stereocenters. The quantitative estimate of drug-likeness (QED) is 0.825. The van der Waals surface area contributed by atoms with Gasteiger partial charge in [0.05, 0.1) is 12.3 Å². The van der Waals surface area contributed by atoms with Gasteiger partial charge in [0.1, 0.15) is 0 Å². The number of carboxylic acid groups (broad SMARTS) is 1. The van der Waals surface area contributed by atoms with Crippen LogP contribution >= 0.6 is 0 Å². The predicted molar refractivity (Wildman–Crippen MR) is 66.9 cm³/mol. The number of hydrogen-bond acceptors (Lipinski definition) is 2. The molecule has 1 aromatic rings. The Morgan fingerprint density at radius 1 is 1.25 bits per heavy atom. The minimum Gasteiger partial charge on any atom is -0.481 e. The van der Waals surface area contributed by atoms with Crippen molar-refractivity contribution in [3.05, 3.63) is 47.5 Å². The summed E-state index contributed by atoms with van der Waals surface area (Å²) in [7, 11) is 0. The molecule has 1 aliphatic rings. The summed E-state index contributed by atoms with van der Waals surface area (Å²) >= 11 is 0. The Hall–Kier alpha value is -2.24. The van der Waals surface area contributed by atoms with Crippen LogP contribution < -0.4 is 5.32 Å². The molecular weight excluding hydrogens is 268 g/mol. The Kier molecular flexibility index (Phi) is 4.12. The minimum absolute atomic E-state index is 0.0840. The van der Waals surface area contributed by atoms with Gasteiger partial charge in [-0.2, -0.15) is 0 Å². The number of carbonyl (C=O) groups is 2. The van der Waals surface area contributed by atoms with E-state index in [-0.39, 0.29) is 18.4 Å². The molecule has 4 nitrogen and oxygen atoms in total. The Morgan fingerprint density at radius 2 is 2.00 bits per heavy atom. The molecule has 2 atom stereocenters. The lowest BCUT2D eigenvalue weighted by atomic mass is 10.1. The molecular formula is C14H13F2NO3. The SMILES string of the molecule is O=C(Cc1ccc(F)c(F)c1)NC1C=CC(C(=O)O)C1. The van der Waals surface area contributed by atoms with Gasteiger partial charge in [-0.3, -0.25) is 9.59 Å². The third-order valence-corrected chi connectivity index (χ3v) is 3.10. The Labute approximate surface area is 114 Å². The first-order valence-corrected chi connectivity index (χ1v) is 6.10. The molecule has 0 aliphatic heterocycles. The van der Waals surface area contributed by atoms with Gasteiger partial charge >= 0.3 is 5.97 Å². The smallest absolute Gasteiger partial charge is 0.310 e. The Bertz CT molecular complexity index is 572. The van der Waals surface area contributed by atoms with E-state index in [0.717, 1.165) is 12.1 Å². The van der Waals surface area contributed by atoms with Crippen LogP contribution in [0.25, 0.3) is 0 Å². The van der Waals surface area contributed by atoms with Crippen LogP contribution in [0, 0.1) is 17.6 Å². The van der Waals surface area contributed by atoms with E-state index in [0.29, 0.717) is 12.0 Å². The van der Waals surface area contributed by atoms with Crippen LogP contribution in [0.1, 0.15) is 12.0 Å². The van der Waals surface area contributed by atoms with Crippen molar-refractivity contribution < 1.29 is 23.5 Å². The van der Waals surface area contributed by atoms with Gasteiger partial charge in [-0.1, -0.05) is 18.2 Å². The molecule has 0 fully saturated rings. The lowest BCUT2D eigenvalue weighted by molar-refractivity contribution is -0.140. The van der Waals surface area contributed by atoms with Crippen molar-refractivity contribution in [1.82, 2.24) is 5.32 Å². The molecule has 2 rings (SSSR count). The number of hydrogen-bond donors (Lipinski definition) is 2. The van der Waals surface area contributed by atoms with Gasteiger partial charge < -0.3 is 10.4 Å². The number of benzene rings is 1. The Morgan fingerprint density at radius 3 is 2.60 bits per heavy atom. The van der Waals surface area contributed by atoms with Crippen LogP contribution in [0.3, 0.4) is 0 Å². The molecule has 1 aliphatic carbocycles. The van der Waals surface area contributed by atoms with E-state index in [2.05, 4.69) is 5.32 Å². The first-order valence-electron chi connectivity index (χ1n) is 6.10. The van der Waals surface area contributed by atoms with Gasteiger partial charge in [-0.25, -0.2) is 8.78 Å². The molecule has 20 heavy (non-hydrogen) atoms. The average Bonchev–Trinajstić information content (AvgIpc) is 2.82. The highest BCUT2D eigenvalue weighted by molar-refractivity contribution is 5.79. The van der Waals surface area contributed by atoms with Crippen LogP contribution in [-0.4, -0.2) is 23.0 Å². The van der Waals surface area contributed by atoms with E-state index in [1.807, 2.05) is 0 Å². The fourth-order valence-corrected chi connectivity index (χ4v) is 2.08. The average molecular weight is 281 g/mol. The molecule has 1 amide bonds. The zero-order chi connectivity index (χ0) is 14.7. The molecule has 0 bridgehead atoms. The fourth-order valence-electron chi connectivity index (χ4n) is 2.08. The number of rotatable bonds is 4. The van der Waals surface area contributed by atoms with Gasteiger partial charge in [0.25, 0.3) is 0 Å². The zero-order valence-electron chi connectivity index (χ0n) is 10.5. The maximum absolute atomic E-state index is 13.0. The van der Waals surface area contributed by atoms with E-state index in [4.69, 9.17) is 5.11 Å². The second-order valence-electron chi connectivity index (χ2n) is 4.66. The first kappa shape index (κ1) is 14.2. The molecule has 0 radical (unpaired) electrons. The van der Waals surface area contributed by atoms with Crippen LogP contribution in [0.5, 0.6) is 0 Å². The van der Waals surface area contributed by atoms with Crippen molar-refractivity contribution in [2.45, 2.75) is 18.9 Å². The molecule has 1 aromatic carbocycles. The molecule has 6 heteroatoms. The van der Waals surface area contributed by atoms with E-state index < -0.39 is 23.5 Å². The Balaban J connectivity index is 1.89. The summed E-state index contributed by atoms with van der Waals surface area (Å²) < 4.78 is 25.7. The predicted octanol–water partition coefficient (Wildman–Crippen LogP) is 1.65. The van der Waals surface area contributed by atoms with E-state index in [1.54, 1.807) is 6.08 Å². The zero-order valence-corrected chi connectivity index (χ0v) is 10.5. The van der Waals surface area contributed by atoms with Gasteiger partial charge in [0.2, 0.25) is 5.91 Å². The highest BCUT2D eigenvalue weighted by Crippen LogP contribution is 2.18. The van der Waals surface area contributed by atoms with Gasteiger partial charge in [0.15, 0.2) is 11.6 Å². The maximum Gasteiger partial charge on any atom is 0.310 e. The van der Waals surface area contributed by atoms with E-state index >= 15 is 0 Å². The molecule has 0 spiro atoms. The molecule has 0 saturated carbocycles. The highest BCUT2D eigenvalue weighted by atomic mass is 19.2. The largest absolute Gasteiger partial charge is 0.481 e. The lowest BCUT2D eigenvalue weighted by Gasteiger charge is -2.12. The normalized spacial score (nSPS) is 20.9. The first-order chi connectivity index (χ1) is 9.45. The molecule has 0 heterocycles. The number of amides is 1. The van der Waals surface area contributed by atoms with Gasteiger partial charge in [-0.15, -0.1) is 0 Å². The monoisotopic (exact) mass is 281 g/mol. The maximum atomic E-state index is 13.0. The topological polar surface area (TPSA) is 66.4 Å². The number of nitrogens with one attached hydrogen (secondary N) is 1. The molecule has 0 aromatic heterocycles. The summed E-state index contributed by atoms with van der Waals surface area (Å²) in [6.07, 6.45) is 3.38. The summed E-state index contributed by atoms with van der Waals surface area (Å²) in [5.41, 5.74) is 0.359. The van der Waals surface area contributed by atoms with Crippen molar-refractivity contribution in [3.63, 3.8) is 0 Å². The van der Waals surface area contributed by atoms with Crippen molar-refractivity contribution in [3.8, 4) is 0 Å². The molecule has 2 N–H and O–H groups in total. The van der Waals surface area contributed by atoms with Crippen molar-refractivity contribution in [2.75, 3.05) is 0 Å². The minimum atomic E-state index is -0.998. The van der Waals surface area contributed by atoms with Gasteiger partial charge in [-0.05, 0) is 24.1 Å². The molecule has 0 saturated heterocycles. The fraction of sp³-hybridized carbons (Fsp3) is 0.286. The second kappa shape index (κ2) is 5.81. The summed E-state index contributed by atoms with van der Waals surface area (Å²) in [6.45, 7) is 0. The number of halogens is 2. The summed E-state index contributed by atoms with van der Waals surface area (Å²) in [6, 6.07) is 2.93. The lowest BCUT2D eigenvalue weighted by Crippen LogP contribution is -2.34. The van der Waals surface area contributed by atoms with Crippen LogP contribution in [0.2, 0.25) is 0 Å². The van der Waals surface area contributed by atoms with Crippen molar-refractivity contribution >= 4 is 11.9 Å². The third kappa shape index (κ3) is 3.40. The highest BCUT2D eigenvalue weighted by Gasteiger charge is 2.25. The number of carboxylic acids is 1. The number of aliphatic carboxylic acids is 1. The third-order valence-electron chi connectivity index (χ3n) is 3.10. The molecule has 106 valence electrons. The summed E-state index contributed by atoms with van der Waals surface area (Å²) in [5, 5.41) is 11.5. The second-order valence-corrected chi connectivity index (χ2v) is 4.66. The van der Waals surface area contributed by atoms with Crippen molar-refractivity contribution in [2.24, 2.45) is 5.92 Å². The van der Waals surface area contributed by atoms with E-state index in [1.165, 1.54) is 12.1 Å². The number of carbonyl (C=O) groups excluding carboxylic acids is 1. The van der Waals surface area contributed by atoms with Crippen LogP contribution in [0.4, 0.5) is 8.78 Å². The van der Waals surface area contributed by atoms with Gasteiger partial charge in [0, 0.05) is 6.04 Å². The van der Waals surface area contributed by atoms with Crippen molar-refractivity contribution in [1.29, 1.82) is 0 Å². The van der Waals surface area contributed by atoms with E-state index in [9.17, 15) is 18.4 Å². The van der Waals surface area contributed by atoms with Crippen LogP contribution in [-0.2, 0) is 16.0 Å². The van der Waals surface area contributed by atoms with Crippen LogP contribution in [0.15, 0.2) is 30.4 Å². The summed E-state index contributed by atoms with van der Waals surface area (Å²) in [5.74, 6) is -3.85. The standard InChI is InChI=1S/C14H13F2NO3/c15-11-4-1-8(5-12(11)16)6-13(18)17-10-3-2-9(7-10)14(19)20/h1-5,9-10H,6-7H2,(H,17,18)(H,19,20). The summed E-state index contributed by atoms with van der Waals surface area (Å²) in [4.78, 5) is 22.5.